The van der Waals surface area contributed by atoms with Gasteiger partial charge in [0, 0.05) is 30.7 Å². The van der Waals surface area contributed by atoms with Crippen LogP contribution in [0.1, 0.15) is 41.8 Å². The number of rotatable bonds is 5. The molecule has 1 amide bonds. The molecule has 1 spiro atoms. The van der Waals surface area contributed by atoms with E-state index in [0.717, 1.165) is 55.9 Å². The molecule has 16 heteroatoms. The molecule has 42 heavy (non-hydrogen) atoms. The Bertz CT molecular complexity index is 1150. The number of aromatic nitrogens is 1. The van der Waals surface area contributed by atoms with E-state index in [2.05, 4.69) is 28.2 Å². The Hall–Kier alpha value is -3.24. The molecule has 0 bridgehead atoms. The van der Waals surface area contributed by atoms with Gasteiger partial charge in [0.15, 0.2) is 0 Å². The van der Waals surface area contributed by atoms with Crippen molar-refractivity contribution in [1.29, 1.82) is 0 Å². The summed E-state index contributed by atoms with van der Waals surface area (Å²) in [6.45, 7) is 5.43. The van der Waals surface area contributed by atoms with Gasteiger partial charge in [0.25, 0.3) is 0 Å². The van der Waals surface area contributed by atoms with Crippen LogP contribution in [0.3, 0.4) is 0 Å². The Kier molecular flexibility index (Phi) is 12.7. The Balaban J connectivity index is 0.000000367. The molecule has 9 nitrogen and oxygen atoms in total. The van der Waals surface area contributed by atoms with Crippen molar-refractivity contribution in [3.63, 3.8) is 0 Å². The van der Waals surface area contributed by atoms with Crippen LogP contribution in [-0.2, 0) is 32.1 Å². The molecule has 1 aliphatic carbocycles. The van der Waals surface area contributed by atoms with Crippen LogP contribution in [0.4, 0.5) is 26.3 Å². The highest BCUT2D eigenvalue weighted by molar-refractivity contribution is 7.10. The van der Waals surface area contributed by atoms with E-state index in [-0.39, 0.29) is 17.6 Å². The number of carboxylic acids is 2. The number of carboxylic acid groups (broad SMARTS) is 2. The molecule has 2 atom stereocenters. The van der Waals surface area contributed by atoms with E-state index in [1.54, 1.807) is 11.3 Å². The van der Waals surface area contributed by atoms with E-state index in [1.807, 2.05) is 29.8 Å². The van der Waals surface area contributed by atoms with Crippen LogP contribution in [0.15, 0.2) is 35.8 Å². The SMILES string of the molecule is Cc1cccnc1CN1CCOC2(CCCCC2NC(=O)Cc2cccs2)C1.O=C(O)C(F)(F)F.O=C(O)C(F)(F)F. The highest BCUT2D eigenvalue weighted by atomic mass is 32.1. The third-order valence-corrected chi connectivity index (χ3v) is 7.37. The number of ether oxygens (including phenoxy) is 1. The first kappa shape index (κ1) is 35.0. The molecule has 1 saturated carbocycles. The average Bonchev–Trinajstić information content (AvgIpc) is 3.40. The first-order valence-corrected chi connectivity index (χ1v) is 13.6. The van der Waals surface area contributed by atoms with E-state index < -0.39 is 24.3 Å². The minimum atomic E-state index is -5.08. The quantitative estimate of drug-likeness (QED) is 0.411. The van der Waals surface area contributed by atoms with Crippen molar-refractivity contribution in [3.05, 3.63) is 52.0 Å². The number of amides is 1. The lowest BCUT2D eigenvalue weighted by Gasteiger charge is -2.49. The fourth-order valence-corrected chi connectivity index (χ4v) is 5.21. The van der Waals surface area contributed by atoms with Crippen molar-refractivity contribution in [2.24, 2.45) is 0 Å². The van der Waals surface area contributed by atoms with Gasteiger partial charge in [0.1, 0.15) is 5.60 Å². The third kappa shape index (κ3) is 11.2. The molecular formula is C26H31F6N3O6S. The number of aliphatic carboxylic acids is 2. The third-order valence-electron chi connectivity index (χ3n) is 6.49. The molecule has 2 aromatic rings. The van der Waals surface area contributed by atoms with Crippen LogP contribution in [0.5, 0.6) is 0 Å². The summed E-state index contributed by atoms with van der Waals surface area (Å²) in [4.78, 5) is 38.6. The topological polar surface area (TPSA) is 129 Å². The summed E-state index contributed by atoms with van der Waals surface area (Å²) >= 11 is 1.64. The second-order valence-electron chi connectivity index (χ2n) is 9.62. The van der Waals surface area contributed by atoms with Gasteiger partial charge in [-0.25, -0.2) is 9.59 Å². The van der Waals surface area contributed by atoms with Crippen molar-refractivity contribution in [2.45, 2.75) is 69.6 Å². The maximum absolute atomic E-state index is 12.6. The molecule has 2 aliphatic rings. The summed E-state index contributed by atoms with van der Waals surface area (Å²) in [5.41, 5.74) is 2.09. The fraction of sp³-hybridized carbons (Fsp3) is 0.538. The van der Waals surface area contributed by atoms with Crippen LogP contribution in [0.2, 0.25) is 0 Å². The van der Waals surface area contributed by atoms with E-state index in [4.69, 9.17) is 24.5 Å². The first-order valence-electron chi connectivity index (χ1n) is 12.7. The number of carbonyl (C=O) groups excluding carboxylic acids is 1. The lowest BCUT2D eigenvalue weighted by molar-refractivity contribution is -0.193. The highest BCUT2D eigenvalue weighted by Gasteiger charge is 2.46. The summed E-state index contributed by atoms with van der Waals surface area (Å²) in [6, 6.07) is 8.21. The molecule has 4 rings (SSSR count). The Morgan fingerprint density at radius 2 is 1.74 bits per heavy atom. The molecule has 1 saturated heterocycles. The van der Waals surface area contributed by atoms with Crippen LogP contribution in [0, 0.1) is 6.92 Å². The molecule has 0 aromatic carbocycles. The summed E-state index contributed by atoms with van der Waals surface area (Å²) in [6.07, 6.45) is -3.53. The second kappa shape index (κ2) is 15.3. The number of morpholine rings is 1. The lowest BCUT2D eigenvalue weighted by atomic mass is 9.78. The van der Waals surface area contributed by atoms with Crippen molar-refractivity contribution >= 4 is 29.2 Å². The molecule has 234 valence electrons. The predicted molar refractivity (Wildman–Crippen MR) is 139 cm³/mol. The van der Waals surface area contributed by atoms with Crippen molar-refractivity contribution in [2.75, 3.05) is 19.7 Å². The van der Waals surface area contributed by atoms with Crippen LogP contribution in [0.25, 0.3) is 0 Å². The van der Waals surface area contributed by atoms with Gasteiger partial charge in [-0.05, 0) is 42.8 Å². The standard InChI is InChI=1S/C22H29N3O2S.2C2HF3O2/c1-17-6-4-10-23-19(17)15-25-11-12-27-22(16-25)9-3-2-8-20(22)24-21(26)14-18-7-5-13-28-18;2*3-2(4,5)1(6)7/h4-7,10,13,20H,2-3,8-9,11-12,14-16H2,1H3,(H,24,26);2*(H,6,7). The number of carbonyl (C=O) groups is 3. The van der Waals surface area contributed by atoms with Gasteiger partial charge in [-0.2, -0.15) is 26.3 Å². The highest BCUT2D eigenvalue weighted by Crippen LogP contribution is 2.35. The number of alkyl halides is 6. The number of hydrogen-bond donors (Lipinski definition) is 3. The molecule has 1 aliphatic heterocycles. The molecule has 2 unspecified atom stereocenters. The zero-order valence-corrected chi connectivity index (χ0v) is 23.3. The Morgan fingerprint density at radius 3 is 2.29 bits per heavy atom. The zero-order valence-electron chi connectivity index (χ0n) is 22.5. The zero-order chi connectivity index (χ0) is 31.6. The van der Waals surface area contributed by atoms with Gasteiger partial charge in [-0.3, -0.25) is 14.7 Å². The van der Waals surface area contributed by atoms with E-state index in [1.165, 1.54) is 5.56 Å². The Labute approximate surface area is 241 Å². The maximum Gasteiger partial charge on any atom is 0.490 e. The van der Waals surface area contributed by atoms with Gasteiger partial charge >= 0.3 is 24.3 Å². The van der Waals surface area contributed by atoms with Crippen molar-refractivity contribution in [3.8, 4) is 0 Å². The van der Waals surface area contributed by atoms with E-state index in [0.29, 0.717) is 13.0 Å². The average molecular weight is 628 g/mol. The van der Waals surface area contributed by atoms with Gasteiger partial charge in [-0.1, -0.05) is 25.0 Å². The first-order chi connectivity index (χ1) is 19.5. The number of nitrogens with zero attached hydrogens (tertiary/aromatic N) is 2. The maximum atomic E-state index is 12.6. The molecule has 0 radical (unpaired) electrons. The van der Waals surface area contributed by atoms with E-state index >= 15 is 0 Å². The number of thiophene rings is 1. The van der Waals surface area contributed by atoms with Crippen LogP contribution < -0.4 is 5.32 Å². The molecular weight excluding hydrogens is 596 g/mol. The summed E-state index contributed by atoms with van der Waals surface area (Å²) in [5.74, 6) is -5.41. The van der Waals surface area contributed by atoms with Crippen LogP contribution in [-0.4, -0.2) is 81.6 Å². The summed E-state index contributed by atoms with van der Waals surface area (Å²) in [7, 11) is 0. The van der Waals surface area contributed by atoms with Gasteiger partial charge < -0.3 is 20.3 Å². The number of aryl methyl sites for hydroxylation is 1. The number of halogens is 6. The lowest BCUT2D eigenvalue weighted by Crippen LogP contribution is -2.64. The monoisotopic (exact) mass is 627 g/mol. The number of nitrogens with one attached hydrogen (secondary N) is 1. The number of pyridine rings is 1. The number of hydrogen-bond acceptors (Lipinski definition) is 7. The molecule has 2 aromatic heterocycles. The second-order valence-corrected chi connectivity index (χ2v) is 10.7. The van der Waals surface area contributed by atoms with E-state index in [9.17, 15) is 31.1 Å². The van der Waals surface area contributed by atoms with Gasteiger partial charge in [0.05, 0.1) is 24.8 Å². The minimum Gasteiger partial charge on any atom is -0.475 e. The normalized spacial score (nSPS) is 20.9. The predicted octanol–water partition coefficient (Wildman–Crippen LogP) is 4.59. The van der Waals surface area contributed by atoms with Gasteiger partial charge in [0.2, 0.25) is 5.91 Å². The largest absolute Gasteiger partial charge is 0.490 e. The molecule has 3 heterocycles. The molecule has 3 N–H and O–H groups in total. The smallest absolute Gasteiger partial charge is 0.475 e. The van der Waals surface area contributed by atoms with Crippen molar-refractivity contribution < 1.29 is 55.7 Å². The molecule has 2 fully saturated rings. The summed E-state index contributed by atoms with van der Waals surface area (Å²) in [5, 5.41) is 19.6. The van der Waals surface area contributed by atoms with Crippen LogP contribution >= 0.6 is 11.3 Å². The van der Waals surface area contributed by atoms with Crippen molar-refractivity contribution in [1.82, 2.24) is 15.2 Å². The van der Waals surface area contributed by atoms with Gasteiger partial charge in [-0.15, -0.1) is 11.3 Å². The summed E-state index contributed by atoms with van der Waals surface area (Å²) < 4.78 is 69.9. The fourth-order valence-electron chi connectivity index (χ4n) is 4.50. The minimum absolute atomic E-state index is 0.0846. The Morgan fingerprint density at radius 1 is 1.10 bits per heavy atom.